The number of aromatic nitrogens is 5. The molecule has 0 amide bonds. The van der Waals surface area contributed by atoms with E-state index in [4.69, 9.17) is 0 Å². The molecule has 2 heterocycles. The van der Waals surface area contributed by atoms with E-state index in [1.165, 1.54) is 0 Å². The quantitative estimate of drug-likeness (QED) is 0.801. The average molecular weight is 343 g/mol. The summed E-state index contributed by atoms with van der Waals surface area (Å²) in [5.74, 6) is 0.795. The second-order valence-corrected chi connectivity index (χ2v) is 5.03. The molecular formula is C11H14IN5. The SMILES string of the molecule is CCCCn1nnnc1-c1cnc(C)c(I)c1. The highest BCUT2D eigenvalue weighted by molar-refractivity contribution is 14.1. The monoisotopic (exact) mass is 343 g/mol. The highest BCUT2D eigenvalue weighted by Gasteiger charge is 2.10. The van der Waals surface area contributed by atoms with Gasteiger partial charge in [-0.2, -0.15) is 0 Å². The molecule has 0 spiro atoms. The standard InChI is InChI=1S/C11H14IN5/c1-3-4-5-17-11(14-15-16-17)9-6-10(12)8(2)13-7-9/h6-7H,3-5H2,1-2H3. The van der Waals surface area contributed by atoms with Gasteiger partial charge in [0, 0.05) is 21.9 Å². The number of unbranched alkanes of at least 4 members (excludes halogenated alkanes) is 1. The van der Waals surface area contributed by atoms with Crippen molar-refractivity contribution in [2.45, 2.75) is 33.2 Å². The van der Waals surface area contributed by atoms with E-state index >= 15 is 0 Å². The van der Waals surface area contributed by atoms with Gasteiger partial charge in [-0.05, 0) is 52.4 Å². The Hall–Kier alpha value is -1.05. The number of halogens is 1. The molecule has 6 heteroatoms. The molecular weight excluding hydrogens is 329 g/mol. The Morgan fingerprint density at radius 3 is 2.94 bits per heavy atom. The minimum atomic E-state index is 0.795. The van der Waals surface area contributed by atoms with Crippen molar-refractivity contribution in [2.24, 2.45) is 0 Å². The van der Waals surface area contributed by atoms with Crippen LogP contribution < -0.4 is 0 Å². The van der Waals surface area contributed by atoms with Crippen LogP contribution >= 0.6 is 22.6 Å². The van der Waals surface area contributed by atoms with Gasteiger partial charge in [-0.1, -0.05) is 13.3 Å². The van der Waals surface area contributed by atoms with Gasteiger partial charge in [0.25, 0.3) is 0 Å². The third-order valence-electron chi connectivity index (χ3n) is 2.54. The Morgan fingerprint density at radius 1 is 1.41 bits per heavy atom. The molecule has 0 bridgehead atoms. The second-order valence-electron chi connectivity index (χ2n) is 3.87. The van der Waals surface area contributed by atoms with Gasteiger partial charge in [0.05, 0.1) is 5.69 Å². The van der Waals surface area contributed by atoms with Gasteiger partial charge in [0.15, 0.2) is 5.82 Å². The van der Waals surface area contributed by atoms with E-state index in [2.05, 4.69) is 56.1 Å². The van der Waals surface area contributed by atoms with Gasteiger partial charge >= 0.3 is 0 Å². The zero-order valence-corrected chi connectivity index (χ0v) is 12.0. The summed E-state index contributed by atoms with van der Waals surface area (Å²) in [5.41, 5.74) is 2.00. The summed E-state index contributed by atoms with van der Waals surface area (Å²) in [6.07, 6.45) is 4.03. The third kappa shape index (κ3) is 2.80. The van der Waals surface area contributed by atoms with Crippen molar-refractivity contribution in [3.05, 3.63) is 21.5 Å². The summed E-state index contributed by atoms with van der Waals surface area (Å²) in [6, 6.07) is 2.07. The molecule has 0 aliphatic rings. The maximum absolute atomic E-state index is 4.34. The summed E-state index contributed by atoms with van der Waals surface area (Å²) < 4.78 is 2.97. The summed E-state index contributed by atoms with van der Waals surface area (Å²) >= 11 is 2.27. The van der Waals surface area contributed by atoms with Gasteiger partial charge in [0.1, 0.15) is 0 Å². The minimum Gasteiger partial charge on any atom is -0.260 e. The van der Waals surface area contributed by atoms with E-state index < -0.39 is 0 Å². The fourth-order valence-electron chi connectivity index (χ4n) is 1.50. The lowest BCUT2D eigenvalue weighted by atomic mass is 10.2. The summed E-state index contributed by atoms with van der Waals surface area (Å²) in [4.78, 5) is 4.34. The molecule has 0 aliphatic carbocycles. The van der Waals surface area contributed by atoms with Crippen LogP contribution in [0.25, 0.3) is 11.4 Å². The van der Waals surface area contributed by atoms with Crippen LogP contribution in [-0.2, 0) is 6.54 Å². The van der Waals surface area contributed by atoms with Crippen LogP contribution in [0.3, 0.4) is 0 Å². The van der Waals surface area contributed by atoms with E-state index in [1.807, 2.05) is 17.8 Å². The first-order valence-electron chi connectivity index (χ1n) is 5.61. The smallest absolute Gasteiger partial charge is 0.183 e. The average Bonchev–Trinajstić information content (AvgIpc) is 2.78. The molecule has 0 aliphatic heterocycles. The Kier molecular flexibility index (Phi) is 4.03. The van der Waals surface area contributed by atoms with Crippen LogP contribution in [0.15, 0.2) is 12.3 Å². The predicted octanol–water partition coefficient (Wildman–Crippen LogP) is 2.45. The lowest BCUT2D eigenvalue weighted by Crippen LogP contribution is -2.03. The van der Waals surface area contributed by atoms with E-state index in [9.17, 15) is 0 Å². The molecule has 0 N–H and O–H groups in total. The number of tetrazole rings is 1. The van der Waals surface area contributed by atoms with Crippen LogP contribution in [0, 0.1) is 10.5 Å². The first-order chi connectivity index (χ1) is 8.22. The van der Waals surface area contributed by atoms with Crippen LogP contribution in [0.1, 0.15) is 25.5 Å². The van der Waals surface area contributed by atoms with Gasteiger partial charge in [0.2, 0.25) is 0 Å². The molecule has 90 valence electrons. The molecule has 17 heavy (non-hydrogen) atoms. The Bertz CT molecular complexity index is 508. The number of rotatable bonds is 4. The van der Waals surface area contributed by atoms with E-state index in [0.717, 1.165) is 40.0 Å². The van der Waals surface area contributed by atoms with Crippen LogP contribution in [0.2, 0.25) is 0 Å². The predicted molar refractivity (Wildman–Crippen MR) is 73.4 cm³/mol. The third-order valence-corrected chi connectivity index (χ3v) is 3.63. The second kappa shape index (κ2) is 5.52. The Labute approximate surface area is 114 Å². The number of hydrogen-bond acceptors (Lipinski definition) is 4. The van der Waals surface area contributed by atoms with Gasteiger partial charge in [-0.3, -0.25) is 4.98 Å². The van der Waals surface area contributed by atoms with Crippen molar-refractivity contribution >= 4 is 22.6 Å². The van der Waals surface area contributed by atoms with Crippen LogP contribution in [-0.4, -0.2) is 25.2 Å². The zero-order valence-electron chi connectivity index (χ0n) is 9.89. The molecule has 0 saturated heterocycles. The molecule has 0 radical (unpaired) electrons. The van der Waals surface area contributed by atoms with E-state index in [1.54, 1.807) is 0 Å². The van der Waals surface area contributed by atoms with Crippen molar-refractivity contribution in [1.82, 2.24) is 25.2 Å². The molecule has 2 aromatic heterocycles. The summed E-state index contributed by atoms with van der Waals surface area (Å²) in [5, 5.41) is 11.8. The molecule has 2 rings (SSSR count). The molecule has 0 saturated carbocycles. The number of pyridine rings is 1. The van der Waals surface area contributed by atoms with Gasteiger partial charge in [-0.25, -0.2) is 4.68 Å². The normalized spacial score (nSPS) is 10.8. The maximum atomic E-state index is 4.34. The molecule has 2 aromatic rings. The van der Waals surface area contributed by atoms with Gasteiger partial charge < -0.3 is 0 Å². The lowest BCUT2D eigenvalue weighted by Gasteiger charge is -2.04. The van der Waals surface area contributed by atoms with Crippen molar-refractivity contribution in [2.75, 3.05) is 0 Å². The van der Waals surface area contributed by atoms with Crippen molar-refractivity contribution < 1.29 is 0 Å². The largest absolute Gasteiger partial charge is 0.260 e. The van der Waals surface area contributed by atoms with E-state index in [0.29, 0.717) is 0 Å². The molecule has 5 nitrogen and oxygen atoms in total. The molecule has 0 fully saturated rings. The maximum Gasteiger partial charge on any atom is 0.183 e. The fraction of sp³-hybridized carbons (Fsp3) is 0.455. The Morgan fingerprint density at radius 2 is 2.24 bits per heavy atom. The highest BCUT2D eigenvalue weighted by atomic mass is 127. The van der Waals surface area contributed by atoms with Crippen molar-refractivity contribution in [3.8, 4) is 11.4 Å². The zero-order chi connectivity index (χ0) is 12.3. The fourth-order valence-corrected chi connectivity index (χ4v) is 1.97. The number of nitrogens with zero attached hydrogens (tertiary/aromatic N) is 5. The highest BCUT2D eigenvalue weighted by Crippen LogP contribution is 2.19. The number of hydrogen-bond donors (Lipinski definition) is 0. The first kappa shape index (κ1) is 12.4. The van der Waals surface area contributed by atoms with Crippen molar-refractivity contribution in [3.63, 3.8) is 0 Å². The first-order valence-corrected chi connectivity index (χ1v) is 6.69. The van der Waals surface area contributed by atoms with Crippen LogP contribution in [0.4, 0.5) is 0 Å². The molecule has 0 atom stereocenters. The molecule has 0 unspecified atom stereocenters. The summed E-state index contributed by atoms with van der Waals surface area (Å²) in [6.45, 7) is 5.00. The molecule has 0 aromatic carbocycles. The van der Waals surface area contributed by atoms with Crippen LogP contribution in [0.5, 0.6) is 0 Å². The topological polar surface area (TPSA) is 56.5 Å². The van der Waals surface area contributed by atoms with Crippen molar-refractivity contribution in [1.29, 1.82) is 0 Å². The lowest BCUT2D eigenvalue weighted by molar-refractivity contribution is 0.557. The minimum absolute atomic E-state index is 0.795. The van der Waals surface area contributed by atoms with E-state index in [-0.39, 0.29) is 0 Å². The summed E-state index contributed by atoms with van der Waals surface area (Å²) in [7, 11) is 0. The number of aryl methyl sites for hydroxylation is 2. The Balaban J connectivity index is 2.32. The van der Waals surface area contributed by atoms with Gasteiger partial charge in [-0.15, -0.1) is 5.10 Å².